The van der Waals surface area contributed by atoms with Gasteiger partial charge in [-0.05, 0) is 115 Å². The number of para-hydroxylation sites is 6. The first-order valence-electron chi connectivity index (χ1n) is 25.6. The lowest BCUT2D eigenvalue weighted by molar-refractivity contribution is -0.137. The Labute approximate surface area is 439 Å². The molecule has 0 aliphatic heterocycles. The summed E-state index contributed by atoms with van der Waals surface area (Å²) in [6.45, 7) is 1.74. The zero-order chi connectivity index (χ0) is 51.7. The summed E-state index contributed by atoms with van der Waals surface area (Å²) in [4.78, 5) is 0. The zero-order valence-electron chi connectivity index (χ0n) is 41.4. The van der Waals surface area contributed by atoms with Gasteiger partial charge in [0.15, 0.2) is 0 Å². The van der Waals surface area contributed by atoms with Gasteiger partial charge >= 0.3 is 6.18 Å². The molecule has 364 valence electrons. The maximum absolute atomic E-state index is 14.2. The lowest BCUT2D eigenvalue weighted by Crippen LogP contribution is -2.05. The van der Waals surface area contributed by atoms with Crippen LogP contribution < -0.4 is 0 Å². The number of hydrogen-bond donors (Lipinski definition) is 0. The molecule has 0 saturated carbocycles. The number of halogens is 3. The lowest BCUT2D eigenvalue weighted by atomic mass is 9.93. The van der Waals surface area contributed by atoms with E-state index in [0.29, 0.717) is 16.7 Å². The van der Waals surface area contributed by atoms with Crippen molar-refractivity contribution in [3.63, 3.8) is 0 Å². The van der Waals surface area contributed by atoms with Crippen LogP contribution in [0.15, 0.2) is 237 Å². The monoisotopic (exact) mass is 997 g/mol. The highest BCUT2D eigenvalue weighted by Gasteiger charge is 2.31. The standard InChI is InChI=1S/C69H42F3N5/c1-42-38-45(69(70,71)72)30-33-48(42)44-29-32-52(64(40-44)77-60-27-15-11-23-56(60)66-62(77)37-35-54-50-21-9-13-25-58(50)75(68(54)66)47-18-6-3-7-19-47)51-31-28-43(41-73)39-63(51)76-59-26-14-10-22-55(59)65-61(76)36-34-53-49-20-8-12-24-57(49)74(67(53)65)46-16-4-2-5-17-46/h2-40H,1H3. The van der Waals surface area contributed by atoms with E-state index in [9.17, 15) is 18.4 Å². The molecule has 0 amide bonds. The molecule has 0 saturated heterocycles. The number of nitriles is 1. The van der Waals surface area contributed by atoms with Crippen LogP contribution in [0.25, 0.3) is 132 Å². The van der Waals surface area contributed by atoms with E-state index in [-0.39, 0.29) is 0 Å². The summed E-state index contributed by atoms with van der Waals surface area (Å²) < 4.78 is 52.0. The molecular formula is C69H42F3N5. The molecule has 4 heterocycles. The Morgan fingerprint density at radius 3 is 1.27 bits per heavy atom. The van der Waals surface area contributed by atoms with Crippen LogP contribution in [0.1, 0.15) is 16.7 Å². The van der Waals surface area contributed by atoms with E-state index in [1.807, 2.05) is 30.3 Å². The van der Waals surface area contributed by atoms with Crippen LogP contribution in [-0.2, 0) is 6.18 Å². The molecule has 15 rings (SSSR count). The average Bonchev–Trinajstić information content (AvgIpc) is 4.33. The Kier molecular flexibility index (Phi) is 9.63. The Morgan fingerprint density at radius 1 is 0.364 bits per heavy atom. The Morgan fingerprint density at radius 2 is 0.792 bits per heavy atom. The van der Waals surface area contributed by atoms with Gasteiger partial charge < -0.3 is 18.3 Å². The summed E-state index contributed by atoms with van der Waals surface area (Å²) in [5, 5.41) is 19.5. The molecule has 0 aliphatic rings. The highest BCUT2D eigenvalue weighted by Crippen LogP contribution is 2.48. The van der Waals surface area contributed by atoms with Gasteiger partial charge in [-0.2, -0.15) is 18.4 Å². The summed E-state index contributed by atoms with van der Waals surface area (Å²) >= 11 is 0. The largest absolute Gasteiger partial charge is 0.416 e. The Balaban J connectivity index is 1.07. The molecular weight excluding hydrogens is 956 g/mol. The molecule has 8 heteroatoms. The first-order chi connectivity index (χ1) is 37.7. The van der Waals surface area contributed by atoms with E-state index in [2.05, 4.69) is 212 Å². The van der Waals surface area contributed by atoms with E-state index in [1.165, 1.54) is 12.1 Å². The predicted molar refractivity (Wildman–Crippen MR) is 309 cm³/mol. The molecule has 0 bridgehead atoms. The van der Waals surface area contributed by atoms with Crippen molar-refractivity contribution in [1.29, 1.82) is 5.26 Å². The molecule has 0 aliphatic carbocycles. The fourth-order valence-electron chi connectivity index (χ4n) is 12.5. The molecule has 11 aromatic carbocycles. The summed E-state index contributed by atoms with van der Waals surface area (Å²) in [7, 11) is 0. The van der Waals surface area contributed by atoms with Gasteiger partial charge in [-0.25, -0.2) is 0 Å². The second-order valence-electron chi connectivity index (χ2n) is 19.9. The van der Waals surface area contributed by atoms with Gasteiger partial charge in [-0.1, -0.05) is 146 Å². The van der Waals surface area contributed by atoms with Gasteiger partial charge in [-0.15, -0.1) is 0 Å². The van der Waals surface area contributed by atoms with Crippen LogP contribution in [0, 0.1) is 18.3 Å². The number of alkyl halides is 3. The van der Waals surface area contributed by atoms with E-state index in [0.717, 1.165) is 127 Å². The molecule has 4 aromatic heterocycles. The summed E-state index contributed by atoms with van der Waals surface area (Å²) in [6, 6.07) is 82.5. The molecule has 0 fully saturated rings. The van der Waals surface area contributed by atoms with Crippen LogP contribution in [-0.4, -0.2) is 18.3 Å². The van der Waals surface area contributed by atoms with Crippen LogP contribution >= 0.6 is 0 Å². The topological polar surface area (TPSA) is 43.5 Å². The van der Waals surface area contributed by atoms with Crippen molar-refractivity contribution < 1.29 is 13.2 Å². The molecule has 0 unspecified atom stereocenters. The van der Waals surface area contributed by atoms with E-state index >= 15 is 0 Å². The van der Waals surface area contributed by atoms with Crippen molar-refractivity contribution >= 4 is 87.2 Å². The normalized spacial score (nSPS) is 12.1. The number of benzene rings is 11. The number of aryl methyl sites for hydroxylation is 1. The molecule has 5 nitrogen and oxygen atoms in total. The molecule has 0 atom stereocenters. The quantitative estimate of drug-likeness (QED) is 0.164. The van der Waals surface area contributed by atoms with E-state index in [1.54, 1.807) is 13.0 Å². The third-order valence-corrected chi connectivity index (χ3v) is 15.7. The molecule has 0 radical (unpaired) electrons. The summed E-state index contributed by atoms with van der Waals surface area (Å²) in [5.41, 5.74) is 15.5. The van der Waals surface area contributed by atoms with Gasteiger partial charge in [0.1, 0.15) is 0 Å². The van der Waals surface area contributed by atoms with Crippen molar-refractivity contribution in [3.05, 3.63) is 253 Å². The number of aromatic nitrogens is 4. The second-order valence-corrected chi connectivity index (χ2v) is 19.9. The maximum atomic E-state index is 14.2. The lowest BCUT2D eigenvalue weighted by Gasteiger charge is -2.20. The first-order valence-corrected chi connectivity index (χ1v) is 25.6. The SMILES string of the molecule is Cc1cc(C(F)(F)F)ccc1-c1ccc(-c2ccc(C#N)cc2-n2c3ccccc3c3c2ccc2c4ccccc4n(-c4ccccc4)c23)c(-n2c3ccccc3c3c2ccc2c4ccccc4n(-c4ccccc4)c23)c1. The van der Waals surface area contributed by atoms with Gasteiger partial charge in [0.2, 0.25) is 0 Å². The minimum absolute atomic E-state index is 0.501. The zero-order valence-corrected chi connectivity index (χ0v) is 41.4. The third-order valence-electron chi connectivity index (χ3n) is 15.7. The van der Waals surface area contributed by atoms with Crippen LogP contribution in [0.2, 0.25) is 0 Å². The van der Waals surface area contributed by atoms with Crippen LogP contribution in [0.5, 0.6) is 0 Å². The highest BCUT2D eigenvalue weighted by atomic mass is 19.4. The maximum Gasteiger partial charge on any atom is 0.416 e. The van der Waals surface area contributed by atoms with E-state index < -0.39 is 11.7 Å². The highest BCUT2D eigenvalue weighted by molar-refractivity contribution is 6.28. The van der Waals surface area contributed by atoms with Crippen molar-refractivity contribution in [2.24, 2.45) is 0 Å². The minimum Gasteiger partial charge on any atom is -0.309 e. The van der Waals surface area contributed by atoms with Crippen molar-refractivity contribution in [2.45, 2.75) is 13.1 Å². The van der Waals surface area contributed by atoms with Gasteiger partial charge in [-0.3, -0.25) is 0 Å². The second kappa shape index (κ2) is 16.7. The smallest absolute Gasteiger partial charge is 0.309 e. The number of rotatable bonds is 6. The number of hydrogen-bond acceptors (Lipinski definition) is 1. The Bertz CT molecular complexity index is 4990. The van der Waals surface area contributed by atoms with Crippen molar-refractivity contribution in [1.82, 2.24) is 18.3 Å². The molecule has 15 aromatic rings. The van der Waals surface area contributed by atoms with Gasteiger partial charge in [0.25, 0.3) is 0 Å². The van der Waals surface area contributed by atoms with Gasteiger partial charge in [0, 0.05) is 65.6 Å². The number of nitrogens with zero attached hydrogens (tertiary/aromatic N) is 5. The van der Waals surface area contributed by atoms with E-state index in [4.69, 9.17) is 0 Å². The molecule has 77 heavy (non-hydrogen) atoms. The Hall–Kier alpha value is -10.1. The van der Waals surface area contributed by atoms with Crippen molar-refractivity contribution in [2.75, 3.05) is 0 Å². The van der Waals surface area contributed by atoms with Crippen LogP contribution in [0.4, 0.5) is 13.2 Å². The third kappa shape index (κ3) is 6.54. The summed E-state index contributed by atoms with van der Waals surface area (Å²) in [5.74, 6) is 0. The first kappa shape index (κ1) is 44.4. The average molecular weight is 998 g/mol. The molecule has 0 N–H and O–H groups in total. The van der Waals surface area contributed by atoms with Crippen molar-refractivity contribution in [3.8, 4) is 51.1 Å². The predicted octanol–water partition coefficient (Wildman–Crippen LogP) is 18.6. The fraction of sp³-hybridized carbons (Fsp3) is 0.0290. The summed E-state index contributed by atoms with van der Waals surface area (Å²) in [6.07, 6.45) is -4.49. The minimum atomic E-state index is -4.49. The number of fused-ring (bicyclic) bond motifs is 14. The molecule has 0 spiro atoms. The van der Waals surface area contributed by atoms with Gasteiger partial charge in [0.05, 0.1) is 72.7 Å². The van der Waals surface area contributed by atoms with Crippen LogP contribution in [0.3, 0.4) is 0 Å². The fourth-order valence-corrected chi connectivity index (χ4v) is 12.5.